The van der Waals surface area contributed by atoms with Crippen LogP contribution in [-0.4, -0.2) is 65.8 Å². The second-order valence-electron chi connectivity index (χ2n) is 5.78. The second-order valence-corrected chi connectivity index (χ2v) is 12.5. The highest BCUT2D eigenvalue weighted by Gasteiger charge is 1.97. The molecule has 182 valence electrons. The fourth-order valence-corrected chi connectivity index (χ4v) is 0.877. The Morgan fingerprint density at radius 1 is 0.667 bits per heavy atom. The molecule has 12 N–H and O–H groups in total. The van der Waals surface area contributed by atoms with Gasteiger partial charge < -0.3 is 50.6 Å². The van der Waals surface area contributed by atoms with Crippen LogP contribution in [0.4, 0.5) is 0 Å². The summed E-state index contributed by atoms with van der Waals surface area (Å²) < 4.78 is 37.3. The lowest BCUT2D eigenvalue weighted by Crippen LogP contribution is -2.19. The van der Waals surface area contributed by atoms with Crippen molar-refractivity contribution in [1.82, 2.24) is 0 Å². The predicted molar refractivity (Wildman–Crippen MR) is 114 cm³/mol. The molecular weight excluding hydrogens is 488 g/mol. The van der Waals surface area contributed by atoms with Gasteiger partial charge in [-0.2, -0.15) is 0 Å². The van der Waals surface area contributed by atoms with E-state index < -0.39 is 30.4 Å². The Morgan fingerprint density at radius 2 is 0.900 bits per heavy atom. The Balaban J connectivity index is -0.000000148. The Hall–Kier alpha value is -0.260. The minimum atomic E-state index is -3.64. The van der Waals surface area contributed by atoms with Crippen LogP contribution < -0.4 is 11.5 Å². The molecule has 18 heteroatoms. The first-order valence-corrected chi connectivity index (χ1v) is 15.6. The smallest absolute Gasteiger partial charge is 0.322 e. The molecule has 0 atom stereocenters. The molecule has 0 fully saturated rings. The molecule has 0 unspecified atom stereocenters. The maximum Gasteiger partial charge on any atom is 0.322 e. The van der Waals surface area contributed by atoms with E-state index in [0.717, 1.165) is 32.2 Å². The van der Waals surface area contributed by atoms with E-state index in [2.05, 4.69) is 0 Å². The van der Waals surface area contributed by atoms with E-state index >= 15 is 0 Å². The van der Waals surface area contributed by atoms with Crippen molar-refractivity contribution in [3.8, 4) is 0 Å². The minimum absolute atomic E-state index is 0.347. The van der Waals surface area contributed by atoms with Crippen molar-refractivity contribution in [1.29, 1.82) is 0 Å². The molecule has 0 aliphatic heterocycles. The molecule has 0 aliphatic carbocycles. The van der Waals surface area contributed by atoms with Gasteiger partial charge in [0.05, 0.1) is 6.17 Å². The van der Waals surface area contributed by atoms with Gasteiger partial charge in [0, 0.05) is 26.7 Å². The second kappa shape index (κ2) is 16.4. The standard InChI is InChI=1S/C8H12N2.4CH5O3P/c1-6-3-2-4-7(5-6)8(9)10;4*1-5(2,3)4/h2-5,8H,9-10H2,1H3;4*1H3,(H2,2,3,4). The maximum absolute atomic E-state index is 9.33. The highest BCUT2D eigenvalue weighted by atomic mass is 31.2. The summed E-state index contributed by atoms with van der Waals surface area (Å²) in [4.78, 5) is 61.1. The van der Waals surface area contributed by atoms with Gasteiger partial charge in [0.2, 0.25) is 0 Å². The van der Waals surface area contributed by atoms with Crippen LogP contribution in [0.5, 0.6) is 0 Å². The first kappa shape index (κ1) is 37.1. The van der Waals surface area contributed by atoms with E-state index in [9.17, 15) is 18.3 Å². The van der Waals surface area contributed by atoms with Gasteiger partial charge in [-0.1, -0.05) is 29.8 Å². The van der Waals surface area contributed by atoms with Gasteiger partial charge in [-0.05, 0) is 12.5 Å². The number of nitrogens with two attached hydrogens (primary N) is 2. The molecular formula is C12H32N2O12P4. The Morgan fingerprint density at radius 3 is 1.03 bits per heavy atom. The van der Waals surface area contributed by atoms with E-state index in [0.29, 0.717) is 0 Å². The van der Waals surface area contributed by atoms with E-state index in [4.69, 9.17) is 50.6 Å². The first-order valence-electron chi connectivity index (χ1n) is 7.40. The van der Waals surface area contributed by atoms with Crippen LogP contribution in [0.3, 0.4) is 0 Å². The summed E-state index contributed by atoms with van der Waals surface area (Å²) in [5, 5.41) is 0. The maximum atomic E-state index is 9.33. The van der Waals surface area contributed by atoms with Gasteiger partial charge in [-0.25, -0.2) is 0 Å². The molecule has 0 spiro atoms. The van der Waals surface area contributed by atoms with E-state index in [1.165, 1.54) is 5.56 Å². The number of rotatable bonds is 1. The van der Waals surface area contributed by atoms with Crippen molar-refractivity contribution < 1.29 is 57.4 Å². The van der Waals surface area contributed by atoms with Crippen LogP contribution in [0, 0.1) is 6.92 Å². The van der Waals surface area contributed by atoms with Gasteiger partial charge >= 0.3 is 30.4 Å². The van der Waals surface area contributed by atoms with Crippen molar-refractivity contribution >= 4 is 30.4 Å². The molecule has 0 aliphatic rings. The largest absolute Gasteiger partial charge is 0.325 e. The summed E-state index contributed by atoms with van der Waals surface area (Å²) in [6.45, 7) is 5.44. The van der Waals surface area contributed by atoms with Crippen molar-refractivity contribution in [2.24, 2.45) is 11.5 Å². The molecule has 14 nitrogen and oxygen atoms in total. The average molecular weight is 520 g/mol. The zero-order valence-electron chi connectivity index (χ0n) is 17.0. The Kier molecular flexibility index (Phi) is 20.2. The van der Waals surface area contributed by atoms with Crippen LogP contribution in [0.2, 0.25) is 0 Å². The van der Waals surface area contributed by atoms with Gasteiger partial charge in [0.1, 0.15) is 0 Å². The van der Waals surface area contributed by atoms with E-state index in [1.54, 1.807) is 0 Å². The molecule has 0 saturated carbocycles. The van der Waals surface area contributed by atoms with E-state index in [1.807, 2.05) is 31.2 Å². The molecule has 0 amide bonds. The van der Waals surface area contributed by atoms with Crippen LogP contribution in [0.25, 0.3) is 0 Å². The number of hydrogen-bond donors (Lipinski definition) is 10. The van der Waals surface area contributed by atoms with Crippen molar-refractivity contribution in [2.75, 3.05) is 26.7 Å². The third kappa shape index (κ3) is 105. The van der Waals surface area contributed by atoms with Crippen LogP contribution in [0.15, 0.2) is 24.3 Å². The van der Waals surface area contributed by atoms with Crippen molar-refractivity contribution in [2.45, 2.75) is 13.1 Å². The summed E-state index contributed by atoms with van der Waals surface area (Å²) in [6, 6.07) is 7.89. The third-order valence-corrected chi connectivity index (χ3v) is 1.43. The zero-order chi connectivity index (χ0) is 25.6. The molecule has 1 rings (SSSR count). The topological polar surface area (TPSA) is 282 Å². The average Bonchev–Trinajstić information content (AvgIpc) is 2.30. The van der Waals surface area contributed by atoms with Crippen LogP contribution in [-0.2, 0) is 18.3 Å². The lowest BCUT2D eigenvalue weighted by Gasteiger charge is -2.04. The number of hydrogen-bond acceptors (Lipinski definition) is 6. The molecule has 0 heterocycles. The predicted octanol–water partition coefficient (Wildman–Crippen LogP) is 0.0866. The molecule has 30 heavy (non-hydrogen) atoms. The number of aryl methyl sites for hydroxylation is 1. The van der Waals surface area contributed by atoms with Crippen molar-refractivity contribution in [3.05, 3.63) is 35.4 Å². The summed E-state index contributed by atoms with van der Waals surface area (Å²) in [5.74, 6) is 0. The minimum Gasteiger partial charge on any atom is -0.325 e. The lowest BCUT2D eigenvalue weighted by atomic mass is 10.1. The molecule has 0 aromatic heterocycles. The first-order chi connectivity index (χ1) is 12.7. The van der Waals surface area contributed by atoms with Crippen LogP contribution >= 0.6 is 30.4 Å². The van der Waals surface area contributed by atoms with Crippen LogP contribution in [0.1, 0.15) is 17.3 Å². The normalized spacial score (nSPS) is 11.3. The highest BCUT2D eigenvalue weighted by Crippen LogP contribution is 2.27. The molecule has 1 aromatic rings. The summed E-state index contributed by atoms with van der Waals surface area (Å²) >= 11 is 0. The number of benzene rings is 1. The summed E-state index contributed by atoms with van der Waals surface area (Å²) in [7, 11) is -14.6. The monoisotopic (exact) mass is 520 g/mol. The highest BCUT2D eigenvalue weighted by molar-refractivity contribution is 7.51. The fourth-order valence-electron chi connectivity index (χ4n) is 0.877. The lowest BCUT2D eigenvalue weighted by molar-refractivity contribution is 0.379. The summed E-state index contributed by atoms with van der Waals surface area (Å²) in [6.07, 6.45) is -0.347. The third-order valence-electron chi connectivity index (χ3n) is 1.43. The van der Waals surface area contributed by atoms with Gasteiger partial charge in [-0.3, -0.25) is 18.3 Å². The molecule has 1 aromatic carbocycles. The molecule has 0 bridgehead atoms. The fraction of sp³-hybridized carbons (Fsp3) is 0.500. The SMILES string of the molecule is CP(=O)(O)O.CP(=O)(O)O.CP(=O)(O)O.CP(=O)(O)O.Cc1cccc(C(N)N)c1. The van der Waals surface area contributed by atoms with Gasteiger partial charge in [0.25, 0.3) is 0 Å². The Labute approximate surface area is 175 Å². The summed E-state index contributed by atoms with van der Waals surface area (Å²) in [5.41, 5.74) is 13.1. The van der Waals surface area contributed by atoms with Gasteiger partial charge in [0.15, 0.2) is 0 Å². The molecule has 0 saturated heterocycles. The zero-order valence-corrected chi connectivity index (χ0v) is 20.6. The quantitative estimate of drug-likeness (QED) is 0.173. The van der Waals surface area contributed by atoms with E-state index in [-0.39, 0.29) is 6.17 Å². The van der Waals surface area contributed by atoms with Gasteiger partial charge in [-0.15, -0.1) is 0 Å². The molecule has 0 radical (unpaired) electrons. The Bertz CT molecular complexity index is 651. The van der Waals surface area contributed by atoms with Crippen molar-refractivity contribution in [3.63, 3.8) is 0 Å².